The average Bonchev–Trinajstić information content (AvgIpc) is 2.16. The minimum Gasteiger partial charge on any atom is -0.392 e. The van der Waals surface area contributed by atoms with Crippen LogP contribution in [0.1, 0.15) is 46.5 Å². The van der Waals surface area contributed by atoms with Gasteiger partial charge in [-0.1, -0.05) is 40.0 Å². The van der Waals surface area contributed by atoms with Gasteiger partial charge < -0.3 is 10.0 Å². The molecule has 1 rings (SSSR count). The van der Waals surface area contributed by atoms with E-state index in [-0.39, 0.29) is 6.10 Å². The van der Waals surface area contributed by atoms with Gasteiger partial charge in [0.05, 0.1) is 6.10 Å². The van der Waals surface area contributed by atoms with E-state index in [1.165, 1.54) is 25.9 Å². The van der Waals surface area contributed by atoms with Crippen molar-refractivity contribution < 1.29 is 5.11 Å². The Balaban J connectivity index is 2.15. The molecule has 90 valence electrons. The first kappa shape index (κ1) is 13.0. The van der Waals surface area contributed by atoms with Gasteiger partial charge in [0.15, 0.2) is 0 Å². The number of β-amino-alcohol motifs (C(OH)–C–C–N with tert-alkyl or cyclic N) is 1. The molecule has 1 aliphatic heterocycles. The highest BCUT2D eigenvalue weighted by atomic mass is 16.3. The molecule has 1 atom stereocenters. The van der Waals surface area contributed by atoms with Gasteiger partial charge >= 0.3 is 0 Å². The molecule has 2 nitrogen and oxygen atoms in total. The first-order valence-electron chi connectivity index (χ1n) is 6.61. The summed E-state index contributed by atoms with van der Waals surface area (Å²) in [5.74, 6) is 1.40. The summed E-state index contributed by atoms with van der Waals surface area (Å²) in [6.45, 7) is 9.92. The standard InChI is InChI=1S/C13H27NO/c1-4-7-11-8-14(9-11)10-13(15)12(5-2)6-3/h11-13,15H,4-10H2,1-3H3. The summed E-state index contributed by atoms with van der Waals surface area (Å²) < 4.78 is 0. The van der Waals surface area contributed by atoms with Crippen LogP contribution in [0, 0.1) is 11.8 Å². The molecule has 0 amide bonds. The number of likely N-dealkylation sites (tertiary alicyclic amines) is 1. The average molecular weight is 213 g/mol. The monoisotopic (exact) mass is 213 g/mol. The molecule has 1 fully saturated rings. The zero-order valence-corrected chi connectivity index (χ0v) is 10.6. The number of aliphatic hydroxyl groups is 1. The Morgan fingerprint density at radius 1 is 1.20 bits per heavy atom. The van der Waals surface area contributed by atoms with Crippen molar-refractivity contribution in [2.24, 2.45) is 11.8 Å². The summed E-state index contributed by atoms with van der Waals surface area (Å²) in [5.41, 5.74) is 0. The number of hydrogen-bond donors (Lipinski definition) is 1. The number of hydrogen-bond acceptors (Lipinski definition) is 2. The van der Waals surface area contributed by atoms with E-state index in [4.69, 9.17) is 0 Å². The van der Waals surface area contributed by atoms with E-state index < -0.39 is 0 Å². The lowest BCUT2D eigenvalue weighted by Gasteiger charge is -2.41. The van der Waals surface area contributed by atoms with Crippen LogP contribution in [0.25, 0.3) is 0 Å². The first-order valence-corrected chi connectivity index (χ1v) is 6.61. The molecular formula is C13H27NO. The minimum absolute atomic E-state index is 0.109. The molecule has 0 aliphatic carbocycles. The summed E-state index contributed by atoms with van der Waals surface area (Å²) >= 11 is 0. The fourth-order valence-electron chi connectivity index (χ4n) is 2.66. The SMILES string of the molecule is CCCC1CN(CC(O)C(CC)CC)C1. The van der Waals surface area contributed by atoms with Gasteiger partial charge in [0.25, 0.3) is 0 Å². The third-order valence-electron chi connectivity index (χ3n) is 3.77. The summed E-state index contributed by atoms with van der Waals surface area (Å²) in [5, 5.41) is 10.0. The van der Waals surface area contributed by atoms with Crippen LogP contribution in [0.3, 0.4) is 0 Å². The van der Waals surface area contributed by atoms with Crippen LogP contribution in [0.5, 0.6) is 0 Å². The number of nitrogens with zero attached hydrogens (tertiary/aromatic N) is 1. The van der Waals surface area contributed by atoms with Crippen LogP contribution in [0.4, 0.5) is 0 Å². The summed E-state index contributed by atoms with van der Waals surface area (Å²) in [4.78, 5) is 2.41. The second-order valence-electron chi connectivity index (χ2n) is 5.02. The maximum atomic E-state index is 10.0. The van der Waals surface area contributed by atoms with Gasteiger partial charge in [0.1, 0.15) is 0 Å². The smallest absolute Gasteiger partial charge is 0.0695 e. The molecule has 1 saturated heterocycles. The van der Waals surface area contributed by atoms with Crippen LogP contribution >= 0.6 is 0 Å². The Kier molecular flexibility index (Phi) is 5.62. The van der Waals surface area contributed by atoms with Crippen LogP contribution in [0.2, 0.25) is 0 Å². The Labute approximate surface area is 94.7 Å². The first-order chi connectivity index (χ1) is 7.21. The summed E-state index contributed by atoms with van der Waals surface area (Å²) in [6.07, 6.45) is 4.75. The van der Waals surface area contributed by atoms with Gasteiger partial charge in [0.2, 0.25) is 0 Å². The molecule has 0 saturated carbocycles. The highest BCUT2D eigenvalue weighted by Crippen LogP contribution is 2.22. The fraction of sp³-hybridized carbons (Fsp3) is 1.00. The van der Waals surface area contributed by atoms with E-state index in [1.807, 2.05) is 0 Å². The normalized spacial score (nSPS) is 20.6. The minimum atomic E-state index is -0.109. The van der Waals surface area contributed by atoms with Crippen LogP contribution in [0.15, 0.2) is 0 Å². The van der Waals surface area contributed by atoms with Gasteiger partial charge in [-0.2, -0.15) is 0 Å². The van der Waals surface area contributed by atoms with E-state index in [9.17, 15) is 5.11 Å². The molecule has 1 N–H and O–H groups in total. The van der Waals surface area contributed by atoms with Crippen LogP contribution < -0.4 is 0 Å². The zero-order valence-electron chi connectivity index (χ0n) is 10.6. The molecule has 0 aromatic heterocycles. The third kappa shape index (κ3) is 3.76. The zero-order chi connectivity index (χ0) is 11.3. The number of rotatable bonds is 7. The van der Waals surface area contributed by atoms with Gasteiger partial charge in [0, 0.05) is 19.6 Å². The quantitative estimate of drug-likeness (QED) is 0.702. The molecule has 0 aromatic carbocycles. The van der Waals surface area contributed by atoms with Crippen molar-refractivity contribution in [2.45, 2.75) is 52.6 Å². The van der Waals surface area contributed by atoms with Crippen molar-refractivity contribution in [1.29, 1.82) is 0 Å². The van der Waals surface area contributed by atoms with E-state index >= 15 is 0 Å². The molecule has 1 heterocycles. The predicted molar refractivity (Wildman–Crippen MR) is 64.9 cm³/mol. The van der Waals surface area contributed by atoms with Crippen molar-refractivity contribution >= 4 is 0 Å². The van der Waals surface area contributed by atoms with E-state index in [0.717, 1.165) is 25.3 Å². The van der Waals surface area contributed by atoms with Gasteiger partial charge in [-0.05, 0) is 18.3 Å². The molecule has 0 spiro atoms. The maximum Gasteiger partial charge on any atom is 0.0695 e. The van der Waals surface area contributed by atoms with Gasteiger partial charge in [-0.25, -0.2) is 0 Å². The molecule has 2 heteroatoms. The van der Waals surface area contributed by atoms with Crippen LogP contribution in [-0.4, -0.2) is 35.7 Å². The van der Waals surface area contributed by atoms with Crippen LogP contribution in [-0.2, 0) is 0 Å². The Bertz CT molecular complexity index is 162. The molecule has 0 aromatic rings. The second kappa shape index (κ2) is 6.49. The predicted octanol–water partition coefficient (Wildman–Crippen LogP) is 2.52. The van der Waals surface area contributed by atoms with Crippen molar-refractivity contribution in [3.8, 4) is 0 Å². The molecule has 15 heavy (non-hydrogen) atoms. The molecule has 1 unspecified atom stereocenters. The maximum absolute atomic E-state index is 10.0. The molecule has 1 aliphatic rings. The largest absolute Gasteiger partial charge is 0.392 e. The Morgan fingerprint density at radius 2 is 1.80 bits per heavy atom. The van der Waals surface area contributed by atoms with Crippen molar-refractivity contribution in [3.63, 3.8) is 0 Å². The lowest BCUT2D eigenvalue weighted by Crippen LogP contribution is -2.50. The van der Waals surface area contributed by atoms with Crippen molar-refractivity contribution in [3.05, 3.63) is 0 Å². The van der Waals surface area contributed by atoms with E-state index in [1.54, 1.807) is 0 Å². The Hall–Kier alpha value is -0.0800. The second-order valence-corrected chi connectivity index (χ2v) is 5.02. The third-order valence-corrected chi connectivity index (χ3v) is 3.77. The van der Waals surface area contributed by atoms with E-state index in [0.29, 0.717) is 5.92 Å². The fourth-order valence-corrected chi connectivity index (χ4v) is 2.66. The molecular weight excluding hydrogens is 186 g/mol. The number of aliphatic hydroxyl groups excluding tert-OH is 1. The van der Waals surface area contributed by atoms with Crippen molar-refractivity contribution in [2.75, 3.05) is 19.6 Å². The van der Waals surface area contributed by atoms with Gasteiger partial charge in [-0.15, -0.1) is 0 Å². The summed E-state index contributed by atoms with van der Waals surface area (Å²) in [7, 11) is 0. The topological polar surface area (TPSA) is 23.5 Å². The lowest BCUT2D eigenvalue weighted by molar-refractivity contribution is 0.00983. The van der Waals surface area contributed by atoms with Crippen molar-refractivity contribution in [1.82, 2.24) is 4.90 Å². The highest BCUT2D eigenvalue weighted by Gasteiger charge is 2.28. The molecule has 0 radical (unpaired) electrons. The summed E-state index contributed by atoms with van der Waals surface area (Å²) in [6, 6.07) is 0. The molecule has 0 bridgehead atoms. The Morgan fingerprint density at radius 3 is 2.27 bits per heavy atom. The van der Waals surface area contributed by atoms with Gasteiger partial charge in [-0.3, -0.25) is 0 Å². The lowest BCUT2D eigenvalue weighted by atomic mass is 9.91. The highest BCUT2D eigenvalue weighted by molar-refractivity contribution is 4.82. The van der Waals surface area contributed by atoms with E-state index in [2.05, 4.69) is 25.7 Å².